The van der Waals surface area contributed by atoms with E-state index in [1.165, 1.54) is 128 Å². The van der Waals surface area contributed by atoms with Crippen molar-refractivity contribution in [3.8, 4) is 0 Å². The molecule has 6 nitrogen and oxygen atoms in total. The van der Waals surface area contributed by atoms with Gasteiger partial charge in [-0.05, 0) is 70.6 Å². The molecule has 294 valence electrons. The van der Waals surface area contributed by atoms with Crippen molar-refractivity contribution in [2.45, 2.75) is 231 Å². The summed E-state index contributed by atoms with van der Waals surface area (Å²) < 4.78 is 0. The van der Waals surface area contributed by atoms with Gasteiger partial charge in [-0.1, -0.05) is 172 Å². The molecule has 0 aliphatic carbocycles. The second kappa shape index (κ2) is 38.8. The summed E-state index contributed by atoms with van der Waals surface area (Å²) in [6.45, 7) is 3.97. The molecule has 0 fully saturated rings. The fourth-order valence-electron chi connectivity index (χ4n) is 6.34. The lowest BCUT2D eigenvalue weighted by Crippen LogP contribution is -2.53. The van der Waals surface area contributed by atoms with Crippen molar-refractivity contribution >= 4 is 5.91 Å². The largest absolute Gasteiger partial charge is 0.394 e. The maximum Gasteiger partial charge on any atom is 0.249 e. The first-order valence-corrected chi connectivity index (χ1v) is 21.4. The van der Waals surface area contributed by atoms with E-state index < -0.39 is 36.9 Å². The standard InChI is InChI=1S/C44H83NO5/c1-3-5-7-9-11-13-15-16-17-18-19-20-21-22-23-24-25-26-28-30-32-34-36-38-42(48)44(50)45-40(39-46)43(49)41(47)37-35-33-31-29-27-14-12-10-8-6-4-2/h10,12,22-23,29,31,40-43,46-49H,3-9,11,13-21,24-28,30,32-39H2,1-2H3,(H,45,50)/b12-10+,23-22-,31-29+. The normalized spacial score (nSPS) is 14.6. The van der Waals surface area contributed by atoms with Crippen LogP contribution in [0, 0.1) is 0 Å². The Morgan fingerprint density at radius 1 is 0.480 bits per heavy atom. The summed E-state index contributed by atoms with van der Waals surface area (Å²) in [7, 11) is 0. The average molecular weight is 706 g/mol. The molecule has 0 bridgehead atoms. The Bertz CT molecular complexity index is 797. The third kappa shape index (κ3) is 32.4. The molecule has 0 saturated carbocycles. The van der Waals surface area contributed by atoms with Gasteiger partial charge in [-0.25, -0.2) is 0 Å². The number of hydrogen-bond acceptors (Lipinski definition) is 5. The number of aliphatic hydroxyl groups excluding tert-OH is 4. The molecule has 0 saturated heterocycles. The third-order valence-corrected chi connectivity index (χ3v) is 9.80. The van der Waals surface area contributed by atoms with Crippen LogP contribution in [0.4, 0.5) is 0 Å². The Hall–Kier alpha value is -1.47. The van der Waals surface area contributed by atoms with E-state index in [0.717, 1.165) is 44.9 Å². The van der Waals surface area contributed by atoms with Crippen LogP contribution in [0.25, 0.3) is 0 Å². The van der Waals surface area contributed by atoms with Gasteiger partial charge in [0.05, 0.1) is 18.8 Å². The van der Waals surface area contributed by atoms with Crippen molar-refractivity contribution in [3.63, 3.8) is 0 Å². The van der Waals surface area contributed by atoms with E-state index in [2.05, 4.69) is 55.6 Å². The summed E-state index contributed by atoms with van der Waals surface area (Å²) in [5.41, 5.74) is 0. The molecule has 1 amide bonds. The molecule has 0 radical (unpaired) electrons. The Morgan fingerprint density at radius 2 is 0.860 bits per heavy atom. The van der Waals surface area contributed by atoms with Gasteiger partial charge in [0.15, 0.2) is 0 Å². The minimum absolute atomic E-state index is 0.355. The highest BCUT2D eigenvalue weighted by molar-refractivity contribution is 5.80. The Labute approximate surface area is 309 Å². The molecule has 4 atom stereocenters. The van der Waals surface area contributed by atoms with Crippen molar-refractivity contribution in [1.82, 2.24) is 5.32 Å². The lowest BCUT2D eigenvalue weighted by molar-refractivity contribution is -0.132. The smallest absolute Gasteiger partial charge is 0.249 e. The third-order valence-electron chi connectivity index (χ3n) is 9.80. The van der Waals surface area contributed by atoms with Gasteiger partial charge in [0, 0.05) is 0 Å². The van der Waals surface area contributed by atoms with Crippen LogP contribution in [-0.4, -0.2) is 57.3 Å². The van der Waals surface area contributed by atoms with E-state index in [1.807, 2.05) is 0 Å². The Morgan fingerprint density at radius 3 is 1.32 bits per heavy atom. The van der Waals surface area contributed by atoms with Gasteiger partial charge in [-0.2, -0.15) is 0 Å². The molecule has 5 N–H and O–H groups in total. The maximum absolute atomic E-state index is 12.5. The van der Waals surface area contributed by atoms with E-state index in [0.29, 0.717) is 19.3 Å². The summed E-state index contributed by atoms with van der Waals surface area (Å²) in [6.07, 6.45) is 44.7. The second-order valence-corrected chi connectivity index (χ2v) is 14.7. The molecule has 0 spiro atoms. The summed E-state index contributed by atoms with van der Waals surface area (Å²) in [5, 5.41) is 43.5. The highest BCUT2D eigenvalue weighted by atomic mass is 16.3. The first kappa shape index (κ1) is 48.5. The zero-order valence-electron chi connectivity index (χ0n) is 32.9. The number of amides is 1. The van der Waals surface area contributed by atoms with Crippen molar-refractivity contribution in [3.05, 3.63) is 36.5 Å². The maximum atomic E-state index is 12.5. The summed E-state index contributed by atoms with van der Waals surface area (Å²) >= 11 is 0. The highest BCUT2D eigenvalue weighted by Crippen LogP contribution is 2.15. The van der Waals surface area contributed by atoms with Gasteiger partial charge in [0.25, 0.3) is 0 Å². The summed E-state index contributed by atoms with van der Waals surface area (Å²) in [6, 6.07) is -1.01. The minimum Gasteiger partial charge on any atom is -0.394 e. The van der Waals surface area contributed by atoms with Gasteiger partial charge in [0.1, 0.15) is 12.2 Å². The van der Waals surface area contributed by atoms with E-state index in [1.54, 1.807) is 0 Å². The number of unbranched alkanes of at least 4 members (excludes halogenated alkanes) is 23. The van der Waals surface area contributed by atoms with Crippen LogP contribution in [0.1, 0.15) is 206 Å². The number of rotatable bonds is 38. The van der Waals surface area contributed by atoms with Gasteiger partial charge >= 0.3 is 0 Å². The monoisotopic (exact) mass is 706 g/mol. The number of hydrogen-bond donors (Lipinski definition) is 5. The van der Waals surface area contributed by atoms with Crippen molar-refractivity contribution in [2.75, 3.05) is 6.61 Å². The van der Waals surface area contributed by atoms with Gasteiger partial charge in [0.2, 0.25) is 5.91 Å². The quantitative estimate of drug-likeness (QED) is 0.0324. The molecule has 0 heterocycles. The highest BCUT2D eigenvalue weighted by Gasteiger charge is 2.28. The van der Waals surface area contributed by atoms with Gasteiger partial charge in [-0.15, -0.1) is 0 Å². The first-order chi connectivity index (χ1) is 24.5. The number of carbonyl (C=O) groups is 1. The van der Waals surface area contributed by atoms with Crippen LogP contribution >= 0.6 is 0 Å². The first-order valence-electron chi connectivity index (χ1n) is 21.4. The molecule has 0 aliphatic heterocycles. The zero-order valence-corrected chi connectivity index (χ0v) is 32.9. The lowest BCUT2D eigenvalue weighted by Gasteiger charge is -2.27. The van der Waals surface area contributed by atoms with E-state index in [-0.39, 0.29) is 0 Å². The lowest BCUT2D eigenvalue weighted by atomic mass is 10.00. The topological polar surface area (TPSA) is 110 Å². The number of carbonyl (C=O) groups excluding carboxylic acids is 1. The molecule has 0 rings (SSSR count). The van der Waals surface area contributed by atoms with Crippen LogP contribution in [-0.2, 0) is 4.79 Å². The van der Waals surface area contributed by atoms with Gasteiger partial charge < -0.3 is 25.7 Å². The van der Waals surface area contributed by atoms with Crippen LogP contribution in [0.15, 0.2) is 36.5 Å². The molecule has 0 aromatic carbocycles. The fourth-order valence-corrected chi connectivity index (χ4v) is 6.34. The molecule has 0 aromatic heterocycles. The van der Waals surface area contributed by atoms with Crippen LogP contribution < -0.4 is 5.32 Å². The predicted octanol–water partition coefficient (Wildman–Crippen LogP) is 11.0. The van der Waals surface area contributed by atoms with Crippen molar-refractivity contribution in [2.24, 2.45) is 0 Å². The number of aliphatic hydroxyl groups is 4. The van der Waals surface area contributed by atoms with E-state index >= 15 is 0 Å². The average Bonchev–Trinajstić information content (AvgIpc) is 3.12. The van der Waals surface area contributed by atoms with Crippen molar-refractivity contribution in [1.29, 1.82) is 0 Å². The summed E-state index contributed by atoms with van der Waals surface area (Å²) in [4.78, 5) is 12.5. The van der Waals surface area contributed by atoms with Crippen LogP contribution in [0.5, 0.6) is 0 Å². The molecule has 0 aromatic rings. The van der Waals surface area contributed by atoms with E-state index in [4.69, 9.17) is 0 Å². The molecule has 0 aliphatic rings. The number of allylic oxidation sites excluding steroid dienone is 6. The predicted molar refractivity (Wildman–Crippen MR) is 214 cm³/mol. The van der Waals surface area contributed by atoms with Crippen LogP contribution in [0.2, 0.25) is 0 Å². The molecule has 6 heteroatoms. The molecule has 50 heavy (non-hydrogen) atoms. The zero-order chi connectivity index (χ0) is 36.8. The van der Waals surface area contributed by atoms with Crippen molar-refractivity contribution < 1.29 is 25.2 Å². The minimum atomic E-state index is -1.29. The molecule has 4 unspecified atom stereocenters. The molecular weight excluding hydrogens is 622 g/mol. The molecular formula is C44H83NO5. The Balaban J connectivity index is 3.74. The second-order valence-electron chi connectivity index (χ2n) is 14.7. The summed E-state index contributed by atoms with van der Waals surface area (Å²) in [5.74, 6) is -0.603. The number of nitrogens with one attached hydrogen (secondary N) is 1. The Kier molecular flexibility index (Phi) is 37.6. The fraction of sp³-hybridized carbons (Fsp3) is 0.841. The SMILES string of the molecule is CCCC/C=C/CC/C=C/CCCC(O)C(O)C(CO)NC(=O)C(O)CCCCCCCCC/C=C\CCCCCCCCCCCCCC. The van der Waals surface area contributed by atoms with Gasteiger partial charge in [-0.3, -0.25) is 4.79 Å². The van der Waals surface area contributed by atoms with E-state index in [9.17, 15) is 25.2 Å². The van der Waals surface area contributed by atoms with Crippen LogP contribution in [0.3, 0.4) is 0 Å².